The molecule has 0 bridgehead atoms. The number of aliphatic hydroxyl groups excluding tert-OH is 1. The fourth-order valence-electron chi connectivity index (χ4n) is 4.10. The maximum absolute atomic E-state index is 11.2. The van der Waals surface area contributed by atoms with E-state index in [1.807, 2.05) is 30.3 Å². The molecule has 1 nitrogen and oxygen atoms in total. The number of aliphatic hydroxyl groups is 1. The first-order valence-corrected chi connectivity index (χ1v) is 11.5. The van der Waals surface area contributed by atoms with E-state index < -0.39 is 14.2 Å². The first-order chi connectivity index (χ1) is 12.4. The van der Waals surface area contributed by atoms with Gasteiger partial charge >= 0.3 is 0 Å². The van der Waals surface area contributed by atoms with E-state index in [0.717, 1.165) is 11.6 Å². The van der Waals surface area contributed by atoms with Crippen molar-refractivity contribution in [3.8, 4) is 0 Å². The second-order valence-electron chi connectivity index (χ2n) is 8.02. The summed E-state index contributed by atoms with van der Waals surface area (Å²) in [6.45, 7) is 6.99. The Morgan fingerprint density at radius 3 is 1.46 bits per heavy atom. The predicted octanol–water partition coefficient (Wildman–Crippen LogP) is 4.78. The van der Waals surface area contributed by atoms with Gasteiger partial charge in [0.15, 0.2) is 0 Å². The molecule has 0 heterocycles. The minimum atomic E-state index is -2.25. The van der Waals surface area contributed by atoms with E-state index in [-0.39, 0.29) is 5.04 Å². The maximum Gasteiger partial charge on any atom is 0.126 e. The van der Waals surface area contributed by atoms with Crippen molar-refractivity contribution >= 4 is 18.4 Å². The van der Waals surface area contributed by atoms with Crippen LogP contribution < -0.4 is 10.4 Å². The van der Waals surface area contributed by atoms with Crippen LogP contribution in [-0.2, 0) is 0 Å². The molecule has 0 spiro atoms. The monoisotopic (exact) mass is 360 g/mol. The molecule has 26 heavy (non-hydrogen) atoms. The lowest BCUT2D eigenvalue weighted by Crippen LogP contribution is -2.64. The second kappa shape index (κ2) is 7.61. The van der Waals surface area contributed by atoms with Crippen LogP contribution in [0.1, 0.15) is 32.4 Å². The lowest BCUT2D eigenvalue weighted by atomic mass is 10.1. The molecule has 0 amide bonds. The Hall–Kier alpha value is -2.16. The number of hydrogen-bond acceptors (Lipinski definition) is 1. The topological polar surface area (TPSA) is 20.2 Å². The SMILES string of the molecule is CC(C)(C)[Si](C[C@H](O)c1ccccc1)(c1ccccc1)c1ccccc1. The summed E-state index contributed by atoms with van der Waals surface area (Å²) in [6.07, 6.45) is -0.470. The first-order valence-electron chi connectivity index (χ1n) is 9.29. The van der Waals surface area contributed by atoms with Crippen LogP contribution in [0, 0.1) is 0 Å². The molecule has 3 aromatic carbocycles. The van der Waals surface area contributed by atoms with Crippen LogP contribution in [0.4, 0.5) is 0 Å². The van der Waals surface area contributed by atoms with Crippen molar-refractivity contribution in [2.75, 3.05) is 0 Å². The minimum Gasteiger partial charge on any atom is -0.389 e. The van der Waals surface area contributed by atoms with Crippen molar-refractivity contribution in [2.24, 2.45) is 0 Å². The Morgan fingerprint density at radius 2 is 1.08 bits per heavy atom. The van der Waals surface area contributed by atoms with E-state index in [4.69, 9.17) is 0 Å². The smallest absolute Gasteiger partial charge is 0.126 e. The van der Waals surface area contributed by atoms with Crippen LogP contribution in [0.5, 0.6) is 0 Å². The standard InChI is InChI=1S/C24H28OSi/c1-24(2,3)26(21-15-9-5-10-16-21,22-17-11-6-12-18-22)19-23(25)20-13-7-4-8-14-20/h4-18,23,25H,19H2,1-3H3/t23-/m0/s1. The van der Waals surface area contributed by atoms with Gasteiger partial charge in [-0.15, -0.1) is 0 Å². The van der Waals surface area contributed by atoms with Crippen molar-refractivity contribution in [1.29, 1.82) is 0 Å². The van der Waals surface area contributed by atoms with E-state index in [9.17, 15) is 5.11 Å². The Kier molecular flexibility index (Phi) is 5.45. The molecule has 0 saturated carbocycles. The van der Waals surface area contributed by atoms with E-state index in [2.05, 4.69) is 81.4 Å². The van der Waals surface area contributed by atoms with Crippen LogP contribution in [0.2, 0.25) is 11.1 Å². The van der Waals surface area contributed by atoms with Crippen LogP contribution >= 0.6 is 0 Å². The van der Waals surface area contributed by atoms with Gasteiger partial charge in [0, 0.05) is 0 Å². The second-order valence-corrected chi connectivity index (χ2v) is 12.9. The highest BCUT2D eigenvalue weighted by molar-refractivity contribution is 7.04. The zero-order valence-electron chi connectivity index (χ0n) is 15.9. The summed E-state index contributed by atoms with van der Waals surface area (Å²) in [7, 11) is -2.25. The molecular weight excluding hydrogens is 332 g/mol. The fraction of sp³-hybridized carbons (Fsp3) is 0.250. The van der Waals surface area contributed by atoms with Crippen molar-refractivity contribution in [2.45, 2.75) is 38.0 Å². The molecule has 134 valence electrons. The molecule has 0 radical (unpaired) electrons. The van der Waals surface area contributed by atoms with Crippen LogP contribution in [0.3, 0.4) is 0 Å². The number of hydrogen-bond donors (Lipinski definition) is 1. The van der Waals surface area contributed by atoms with E-state index >= 15 is 0 Å². The number of benzene rings is 3. The Bertz CT molecular complexity index is 768. The molecule has 0 aromatic heterocycles. The van der Waals surface area contributed by atoms with Gasteiger partial charge < -0.3 is 5.11 Å². The molecule has 2 heteroatoms. The van der Waals surface area contributed by atoms with Gasteiger partial charge in [0.25, 0.3) is 0 Å². The van der Waals surface area contributed by atoms with Gasteiger partial charge in [-0.25, -0.2) is 0 Å². The van der Waals surface area contributed by atoms with Crippen LogP contribution in [-0.4, -0.2) is 13.2 Å². The summed E-state index contributed by atoms with van der Waals surface area (Å²) in [4.78, 5) is 0. The van der Waals surface area contributed by atoms with Gasteiger partial charge in [-0.05, 0) is 16.6 Å². The molecule has 1 N–H and O–H groups in total. The Labute approximate surface area is 158 Å². The molecule has 3 rings (SSSR count). The quantitative estimate of drug-likeness (QED) is 0.649. The average Bonchev–Trinajstić information content (AvgIpc) is 2.67. The largest absolute Gasteiger partial charge is 0.389 e. The summed E-state index contributed by atoms with van der Waals surface area (Å²) in [5, 5.41) is 14.0. The summed E-state index contributed by atoms with van der Waals surface area (Å²) in [5.74, 6) is 0. The highest BCUT2D eigenvalue weighted by Crippen LogP contribution is 2.41. The van der Waals surface area contributed by atoms with Crippen molar-refractivity contribution in [3.05, 3.63) is 96.6 Å². The van der Waals surface area contributed by atoms with E-state index in [1.54, 1.807) is 0 Å². The van der Waals surface area contributed by atoms with Crippen LogP contribution in [0.25, 0.3) is 0 Å². The highest BCUT2D eigenvalue weighted by Gasteiger charge is 2.48. The lowest BCUT2D eigenvalue weighted by molar-refractivity contribution is 0.196. The van der Waals surface area contributed by atoms with Gasteiger partial charge in [-0.3, -0.25) is 0 Å². The summed E-state index contributed by atoms with van der Waals surface area (Å²) < 4.78 is 0. The summed E-state index contributed by atoms with van der Waals surface area (Å²) in [5.41, 5.74) is 1.00. The Balaban J connectivity index is 2.18. The van der Waals surface area contributed by atoms with E-state index in [0.29, 0.717) is 0 Å². The zero-order valence-corrected chi connectivity index (χ0v) is 16.9. The third-order valence-corrected chi connectivity index (χ3v) is 11.7. The van der Waals surface area contributed by atoms with Gasteiger partial charge in [-0.2, -0.15) is 0 Å². The van der Waals surface area contributed by atoms with Crippen LogP contribution in [0.15, 0.2) is 91.0 Å². The van der Waals surface area contributed by atoms with Crippen molar-refractivity contribution in [3.63, 3.8) is 0 Å². The normalized spacial score (nSPS) is 13.4. The van der Waals surface area contributed by atoms with Gasteiger partial charge in [0.1, 0.15) is 8.07 Å². The van der Waals surface area contributed by atoms with Crippen molar-refractivity contribution in [1.82, 2.24) is 0 Å². The maximum atomic E-state index is 11.2. The lowest BCUT2D eigenvalue weighted by Gasteiger charge is -2.45. The Morgan fingerprint density at radius 1 is 0.692 bits per heavy atom. The summed E-state index contributed by atoms with van der Waals surface area (Å²) >= 11 is 0. The molecule has 0 fully saturated rings. The first kappa shape index (κ1) is 18.6. The third kappa shape index (κ3) is 3.53. The van der Waals surface area contributed by atoms with Gasteiger partial charge in [-0.1, -0.05) is 122 Å². The molecular formula is C24H28OSi. The molecule has 0 aliphatic rings. The number of rotatable bonds is 5. The molecule has 0 saturated heterocycles. The molecule has 1 atom stereocenters. The third-order valence-electron chi connectivity index (χ3n) is 5.50. The van der Waals surface area contributed by atoms with E-state index in [1.165, 1.54) is 10.4 Å². The highest BCUT2D eigenvalue weighted by atomic mass is 28.3. The fourth-order valence-corrected chi connectivity index (χ4v) is 9.59. The zero-order chi connectivity index (χ0) is 18.6. The molecule has 0 unspecified atom stereocenters. The minimum absolute atomic E-state index is 0.0610. The van der Waals surface area contributed by atoms with Crippen molar-refractivity contribution < 1.29 is 5.11 Å². The predicted molar refractivity (Wildman–Crippen MR) is 114 cm³/mol. The molecule has 0 aliphatic heterocycles. The van der Waals surface area contributed by atoms with Gasteiger partial charge in [0.2, 0.25) is 0 Å². The molecule has 3 aromatic rings. The molecule has 0 aliphatic carbocycles. The van der Waals surface area contributed by atoms with Gasteiger partial charge in [0.05, 0.1) is 6.10 Å². The average molecular weight is 361 g/mol. The summed E-state index contributed by atoms with van der Waals surface area (Å²) in [6, 6.07) is 32.5.